The van der Waals surface area contributed by atoms with Crippen molar-refractivity contribution in [1.82, 2.24) is 9.80 Å². The Kier molecular flexibility index (Phi) is 3.99. The molecule has 6 heteroatoms. The Balaban J connectivity index is 2.11. The Bertz CT molecular complexity index is 374. The minimum atomic E-state index is -1.04. The number of rotatable bonds is 1. The van der Waals surface area contributed by atoms with Gasteiger partial charge >= 0.3 is 12.0 Å². The fourth-order valence-corrected chi connectivity index (χ4v) is 2.98. The second-order valence-corrected chi connectivity index (χ2v) is 5.86. The second kappa shape index (κ2) is 5.36. The van der Waals surface area contributed by atoms with Gasteiger partial charge in [-0.05, 0) is 25.7 Å². The van der Waals surface area contributed by atoms with Gasteiger partial charge in [0.15, 0.2) is 0 Å². The van der Waals surface area contributed by atoms with Crippen molar-refractivity contribution in [3.63, 3.8) is 0 Å². The van der Waals surface area contributed by atoms with Gasteiger partial charge in [0, 0.05) is 25.6 Å². The number of hydrogen-bond acceptors (Lipinski definition) is 3. The van der Waals surface area contributed by atoms with E-state index in [4.69, 9.17) is 5.11 Å². The molecule has 0 bridgehead atoms. The molecule has 2 unspecified atom stereocenters. The maximum atomic E-state index is 12.5. The number of piperidine rings is 1. The molecule has 2 N–H and O–H groups in total. The van der Waals surface area contributed by atoms with E-state index in [-0.39, 0.29) is 25.0 Å². The van der Waals surface area contributed by atoms with E-state index in [1.165, 1.54) is 4.90 Å². The number of urea groups is 1. The number of carboxylic acids is 1. The van der Waals surface area contributed by atoms with Crippen LogP contribution in [0.1, 0.15) is 33.1 Å². The molecular formula is C13H22N2O4. The first-order chi connectivity index (χ1) is 8.90. The molecule has 0 aromatic rings. The summed E-state index contributed by atoms with van der Waals surface area (Å²) in [6, 6.07) is -1.01. The molecule has 2 amide bonds. The van der Waals surface area contributed by atoms with Crippen LogP contribution in [0.2, 0.25) is 0 Å². The van der Waals surface area contributed by atoms with E-state index < -0.39 is 18.1 Å². The monoisotopic (exact) mass is 270 g/mol. The van der Waals surface area contributed by atoms with Crippen LogP contribution in [0.4, 0.5) is 4.79 Å². The van der Waals surface area contributed by atoms with Gasteiger partial charge in [-0.2, -0.15) is 0 Å². The first-order valence-corrected chi connectivity index (χ1v) is 6.88. The van der Waals surface area contributed by atoms with Gasteiger partial charge < -0.3 is 20.0 Å². The number of aliphatic hydroxyl groups is 1. The topological polar surface area (TPSA) is 81.1 Å². The molecule has 2 heterocycles. The van der Waals surface area contributed by atoms with Crippen LogP contribution in [0.15, 0.2) is 0 Å². The Morgan fingerprint density at radius 1 is 1.11 bits per heavy atom. The van der Waals surface area contributed by atoms with Gasteiger partial charge in [-0.1, -0.05) is 6.92 Å². The summed E-state index contributed by atoms with van der Waals surface area (Å²) in [5, 5.41) is 18.8. The van der Waals surface area contributed by atoms with Gasteiger partial charge in [0.05, 0.1) is 6.10 Å². The normalized spacial score (nSPS) is 35.5. The summed E-state index contributed by atoms with van der Waals surface area (Å²) in [6.45, 7) is 4.87. The van der Waals surface area contributed by atoms with Crippen LogP contribution in [0, 0.1) is 5.92 Å². The predicted molar refractivity (Wildman–Crippen MR) is 68.7 cm³/mol. The highest BCUT2D eigenvalue weighted by molar-refractivity contribution is 5.83. The lowest BCUT2D eigenvalue weighted by atomic mass is 9.95. The number of carboxylic acid groups (broad SMARTS) is 1. The fourth-order valence-electron chi connectivity index (χ4n) is 2.98. The first-order valence-electron chi connectivity index (χ1n) is 6.88. The van der Waals surface area contributed by atoms with Crippen molar-refractivity contribution >= 4 is 12.0 Å². The van der Waals surface area contributed by atoms with Crippen LogP contribution >= 0.6 is 0 Å². The summed E-state index contributed by atoms with van der Waals surface area (Å²) in [6.07, 6.45) is 1.43. The van der Waals surface area contributed by atoms with Crippen LogP contribution in [0.3, 0.4) is 0 Å². The second-order valence-electron chi connectivity index (χ2n) is 5.86. The third kappa shape index (κ3) is 2.83. The number of aliphatic hydroxyl groups excluding tert-OH is 1. The molecule has 0 radical (unpaired) electrons. The average Bonchev–Trinajstić information content (AvgIpc) is 2.74. The van der Waals surface area contributed by atoms with E-state index in [1.807, 2.05) is 6.92 Å². The largest absolute Gasteiger partial charge is 0.480 e. The van der Waals surface area contributed by atoms with Gasteiger partial charge in [0.25, 0.3) is 0 Å². The number of aliphatic carboxylic acids is 1. The Labute approximate surface area is 113 Å². The number of nitrogens with zero attached hydrogens (tertiary/aromatic N) is 2. The third-order valence-electron chi connectivity index (χ3n) is 4.17. The smallest absolute Gasteiger partial charge is 0.326 e. The molecule has 2 rings (SSSR count). The maximum absolute atomic E-state index is 12.5. The van der Waals surface area contributed by atoms with Crippen molar-refractivity contribution in [2.45, 2.75) is 51.3 Å². The molecule has 19 heavy (non-hydrogen) atoms. The first kappa shape index (κ1) is 14.1. The molecule has 0 aromatic carbocycles. The van der Waals surface area contributed by atoms with Gasteiger partial charge in [-0.25, -0.2) is 9.59 Å². The predicted octanol–water partition coefficient (Wildman–Crippen LogP) is 0.747. The number of likely N-dealkylation sites (tertiary alicyclic amines) is 2. The zero-order valence-corrected chi connectivity index (χ0v) is 11.5. The third-order valence-corrected chi connectivity index (χ3v) is 4.17. The summed E-state index contributed by atoms with van der Waals surface area (Å²) in [7, 11) is 0. The van der Waals surface area contributed by atoms with E-state index in [0.717, 1.165) is 12.8 Å². The number of β-amino-alcohol motifs (C(OH)–C–C–N with tert-alkyl or cyclic N) is 1. The molecule has 4 atom stereocenters. The van der Waals surface area contributed by atoms with Crippen molar-refractivity contribution in [2.75, 3.05) is 13.1 Å². The highest BCUT2D eigenvalue weighted by Crippen LogP contribution is 2.26. The SMILES string of the molecule is CC1CCC(C)N(C(=O)N2C[C@H](O)C[C@H]2C(=O)O)C1. The minimum Gasteiger partial charge on any atom is -0.480 e. The molecule has 2 fully saturated rings. The highest BCUT2D eigenvalue weighted by atomic mass is 16.4. The number of carbonyl (C=O) groups is 2. The summed E-state index contributed by atoms with van der Waals surface area (Å²) >= 11 is 0. The molecule has 108 valence electrons. The Morgan fingerprint density at radius 3 is 2.42 bits per heavy atom. The minimum absolute atomic E-state index is 0.118. The van der Waals surface area contributed by atoms with Crippen LogP contribution in [-0.4, -0.2) is 63.3 Å². The van der Waals surface area contributed by atoms with Crippen molar-refractivity contribution in [1.29, 1.82) is 0 Å². The van der Waals surface area contributed by atoms with E-state index in [9.17, 15) is 14.7 Å². The van der Waals surface area contributed by atoms with E-state index in [1.54, 1.807) is 4.90 Å². The molecule has 2 saturated heterocycles. The van der Waals surface area contributed by atoms with Crippen molar-refractivity contribution in [2.24, 2.45) is 5.92 Å². The van der Waals surface area contributed by atoms with Crippen molar-refractivity contribution < 1.29 is 19.8 Å². The van der Waals surface area contributed by atoms with Gasteiger partial charge in [0.2, 0.25) is 0 Å². The van der Waals surface area contributed by atoms with Crippen LogP contribution in [0.5, 0.6) is 0 Å². The summed E-state index contributed by atoms with van der Waals surface area (Å²) < 4.78 is 0. The van der Waals surface area contributed by atoms with Crippen LogP contribution < -0.4 is 0 Å². The lowest BCUT2D eigenvalue weighted by Crippen LogP contribution is -2.53. The van der Waals surface area contributed by atoms with Gasteiger partial charge in [0.1, 0.15) is 6.04 Å². The van der Waals surface area contributed by atoms with E-state index in [2.05, 4.69) is 6.92 Å². The molecule has 0 spiro atoms. The molecule has 0 aliphatic carbocycles. The zero-order valence-electron chi connectivity index (χ0n) is 11.5. The molecule has 2 aliphatic heterocycles. The molecular weight excluding hydrogens is 248 g/mol. The lowest BCUT2D eigenvalue weighted by molar-refractivity contribution is -0.141. The summed E-state index contributed by atoms with van der Waals surface area (Å²) in [5.74, 6) is -0.599. The van der Waals surface area contributed by atoms with Gasteiger partial charge in [-0.15, -0.1) is 0 Å². The zero-order chi connectivity index (χ0) is 14.2. The Hall–Kier alpha value is -1.30. The number of amides is 2. The van der Waals surface area contributed by atoms with Crippen molar-refractivity contribution in [3.8, 4) is 0 Å². The quantitative estimate of drug-likeness (QED) is 0.736. The van der Waals surface area contributed by atoms with Gasteiger partial charge in [-0.3, -0.25) is 0 Å². The fraction of sp³-hybridized carbons (Fsp3) is 0.846. The molecule has 6 nitrogen and oxygen atoms in total. The number of hydrogen-bond donors (Lipinski definition) is 2. The van der Waals surface area contributed by atoms with E-state index in [0.29, 0.717) is 12.5 Å². The lowest BCUT2D eigenvalue weighted by Gasteiger charge is -2.39. The summed E-state index contributed by atoms with van der Waals surface area (Å²) in [4.78, 5) is 26.7. The standard InChI is InChI=1S/C13H22N2O4/c1-8-3-4-9(2)14(6-8)13(19)15-7-10(16)5-11(15)12(17)18/h8-11,16H,3-7H2,1-2H3,(H,17,18)/t8?,9?,10-,11+/m1/s1. The molecule has 0 saturated carbocycles. The molecule has 0 aromatic heterocycles. The Morgan fingerprint density at radius 2 is 1.79 bits per heavy atom. The summed E-state index contributed by atoms with van der Waals surface area (Å²) in [5.41, 5.74) is 0. The van der Waals surface area contributed by atoms with Crippen LogP contribution in [0.25, 0.3) is 0 Å². The highest BCUT2D eigenvalue weighted by Gasteiger charge is 2.42. The number of carbonyl (C=O) groups excluding carboxylic acids is 1. The van der Waals surface area contributed by atoms with Crippen molar-refractivity contribution in [3.05, 3.63) is 0 Å². The average molecular weight is 270 g/mol. The van der Waals surface area contributed by atoms with E-state index >= 15 is 0 Å². The molecule has 2 aliphatic rings. The van der Waals surface area contributed by atoms with Crippen LogP contribution in [-0.2, 0) is 4.79 Å². The maximum Gasteiger partial charge on any atom is 0.326 e.